The fraction of sp³-hybridized carbons (Fsp3) is 0.375. The van der Waals surface area contributed by atoms with Crippen molar-refractivity contribution in [1.82, 2.24) is 15.3 Å². The fourth-order valence-corrected chi connectivity index (χ4v) is 2.27. The zero-order valence-corrected chi connectivity index (χ0v) is 11.8. The number of rotatable bonds is 5. The molecule has 0 bridgehead atoms. The third-order valence-electron chi connectivity index (χ3n) is 3.40. The fourth-order valence-electron chi connectivity index (χ4n) is 2.27. The summed E-state index contributed by atoms with van der Waals surface area (Å²) in [7, 11) is 1.94. The van der Waals surface area contributed by atoms with Crippen molar-refractivity contribution in [3.63, 3.8) is 0 Å². The van der Waals surface area contributed by atoms with E-state index in [-0.39, 0.29) is 6.04 Å². The average Bonchev–Trinajstić information content (AvgIpc) is 3.24. The van der Waals surface area contributed by atoms with Gasteiger partial charge in [-0.05, 0) is 50.6 Å². The highest BCUT2D eigenvalue weighted by molar-refractivity contribution is 5.34. The molecule has 0 radical (unpaired) electrons. The van der Waals surface area contributed by atoms with Gasteiger partial charge in [0.15, 0.2) is 0 Å². The number of hydrogen-bond donors (Lipinski definition) is 1. The van der Waals surface area contributed by atoms with Crippen LogP contribution in [0.25, 0.3) is 0 Å². The molecule has 4 heteroatoms. The van der Waals surface area contributed by atoms with Gasteiger partial charge in [-0.25, -0.2) is 9.97 Å². The van der Waals surface area contributed by atoms with Gasteiger partial charge in [-0.15, -0.1) is 0 Å². The van der Waals surface area contributed by atoms with Crippen LogP contribution in [0.1, 0.15) is 36.0 Å². The van der Waals surface area contributed by atoms with Gasteiger partial charge in [-0.2, -0.15) is 0 Å². The molecule has 1 fully saturated rings. The molecule has 1 heterocycles. The first-order valence-electron chi connectivity index (χ1n) is 6.99. The van der Waals surface area contributed by atoms with E-state index in [2.05, 4.69) is 27.4 Å². The molecule has 1 aromatic heterocycles. The summed E-state index contributed by atoms with van der Waals surface area (Å²) in [5.74, 6) is 1.73. The summed E-state index contributed by atoms with van der Waals surface area (Å²) in [6.07, 6.45) is 4.56. The SMILES string of the molecule is CNC(c1cccc(OC2CC2)c1)c1ccnc(C)n1. The largest absolute Gasteiger partial charge is 0.490 e. The Kier molecular flexibility index (Phi) is 3.65. The minimum Gasteiger partial charge on any atom is -0.490 e. The lowest BCUT2D eigenvalue weighted by atomic mass is 10.0. The van der Waals surface area contributed by atoms with Gasteiger partial charge in [0.2, 0.25) is 0 Å². The van der Waals surface area contributed by atoms with E-state index in [1.807, 2.05) is 32.2 Å². The van der Waals surface area contributed by atoms with Crippen LogP contribution in [0, 0.1) is 6.92 Å². The van der Waals surface area contributed by atoms with Crippen molar-refractivity contribution in [2.24, 2.45) is 0 Å². The van der Waals surface area contributed by atoms with E-state index in [0.717, 1.165) is 22.8 Å². The Morgan fingerprint density at radius 1 is 1.30 bits per heavy atom. The maximum Gasteiger partial charge on any atom is 0.125 e. The molecule has 2 aromatic rings. The van der Waals surface area contributed by atoms with Gasteiger partial charge in [0.05, 0.1) is 17.8 Å². The van der Waals surface area contributed by atoms with E-state index in [1.165, 1.54) is 12.8 Å². The minimum atomic E-state index is 0.0550. The second-order valence-electron chi connectivity index (χ2n) is 5.14. The minimum absolute atomic E-state index is 0.0550. The first-order valence-corrected chi connectivity index (χ1v) is 6.99. The Hall–Kier alpha value is -1.94. The highest BCUT2D eigenvalue weighted by Crippen LogP contribution is 2.29. The number of hydrogen-bond acceptors (Lipinski definition) is 4. The summed E-state index contributed by atoms with van der Waals surface area (Å²) >= 11 is 0. The molecule has 0 spiro atoms. The molecule has 1 aromatic carbocycles. The molecular formula is C16H19N3O. The van der Waals surface area contributed by atoms with Gasteiger partial charge in [-0.1, -0.05) is 12.1 Å². The Balaban J connectivity index is 1.88. The summed E-state index contributed by atoms with van der Waals surface area (Å²) in [6, 6.07) is 10.2. The Morgan fingerprint density at radius 3 is 2.85 bits per heavy atom. The summed E-state index contributed by atoms with van der Waals surface area (Å²) in [4.78, 5) is 8.66. The van der Waals surface area contributed by atoms with Crippen LogP contribution in [0.5, 0.6) is 5.75 Å². The van der Waals surface area contributed by atoms with E-state index in [0.29, 0.717) is 6.10 Å². The molecule has 1 aliphatic carbocycles. The zero-order chi connectivity index (χ0) is 13.9. The number of ether oxygens (including phenoxy) is 1. The van der Waals surface area contributed by atoms with Crippen molar-refractivity contribution in [1.29, 1.82) is 0 Å². The van der Waals surface area contributed by atoms with Gasteiger partial charge in [0, 0.05) is 6.20 Å². The van der Waals surface area contributed by atoms with Gasteiger partial charge in [0.25, 0.3) is 0 Å². The summed E-state index contributed by atoms with van der Waals surface area (Å²) in [5, 5.41) is 3.31. The number of nitrogens with zero attached hydrogens (tertiary/aromatic N) is 2. The Bertz CT molecular complexity index is 596. The van der Waals surface area contributed by atoms with Gasteiger partial charge in [-0.3, -0.25) is 0 Å². The van der Waals surface area contributed by atoms with Gasteiger partial charge >= 0.3 is 0 Å². The van der Waals surface area contributed by atoms with Crippen LogP contribution in [0.15, 0.2) is 36.5 Å². The first-order chi connectivity index (χ1) is 9.76. The van der Waals surface area contributed by atoms with Crippen molar-refractivity contribution in [3.8, 4) is 5.75 Å². The predicted octanol–water partition coefficient (Wildman–Crippen LogP) is 2.64. The molecule has 3 rings (SSSR count). The van der Waals surface area contributed by atoms with Crippen molar-refractivity contribution in [2.45, 2.75) is 31.9 Å². The molecular weight excluding hydrogens is 250 g/mol. The van der Waals surface area contributed by atoms with Crippen LogP contribution in [0.2, 0.25) is 0 Å². The molecule has 20 heavy (non-hydrogen) atoms. The van der Waals surface area contributed by atoms with Gasteiger partial charge in [0.1, 0.15) is 11.6 Å². The summed E-state index contributed by atoms with van der Waals surface area (Å²) in [5.41, 5.74) is 2.13. The highest BCUT2D eigenvalue weighted by Gasteiger charge is 2.24. The summed E-state index contributed by atoms with van der Waals surface area (Å²) in [6.45, 7) is 1.91. The molecule has 0 saturated heterocycles. The van der Waals surface area contributed by atoms with E-state index < -0.39 is 0 Å². The average molecular weight is 269 g/mol. The van der Waals surface area contributed by atoms with Crippen LogP contribution in [-0.2, 0) is 0 Å². The van der Waals surface area contributed by atoms with E-state index in [1.54, 1.807) is 6.20 Å². The highest BCUT2D eigenvalue weighted by atomic mass is 16.5. The van der Waals surface area contributed by atoms with Crippen LogP contribution in [-0.4, -0.2) is 23.1 Å². The number of aryl methyl sites for hydroxylation is 1. The molecule has 104 valence electrons. The lowest BCUT2D eigenvalue weighted by Gasteiger charge is -2.17. The molecule has 0 aliphatic heterocycles. The zero-order valence-electron chi connectivity index (χ0n) is 11.8. The lowest BCUT2D eigenvalue weighted by Crippen LogP contribution is -2.19. The molecule has 1 N–H and O–H groups in total. The van der Waals surface area contributed by atoms with E-state index in [9.17, 15) is 0 Å². The van der Waals surface area contributed by atoms with Crippen molar-refractivity contribution < 1.29 is 4.74 Å². The molecule has 1 saturated carbocycles. The van der Waals surface area contributed by atoms with Crippen LogP contribution in [0.4, 0.5) is 0 Å². The number of aromatic nitrogens is 2. The Labute approximate surface area is 119 Å². The lowest BCUT2D eigenvalue weighted by molar-refractivity contribution is 0.302. The number of benzene rings is 1. The molecule has 0 amide bonds. The van der Waals surface area contributed by atoms with Crippen LogP contribution in [0.3, 0.4) is 0 Å². The van der Waals surface area contributed by atoms with Crippen LogP contribution >= 0.6 is 0 Å². The predicted molar refractivity (Wildman–Crippen MR) is 77.8 cm³/mol. The third kappa shape index (κ3) is 2.96. The molecule has 1 aliphatic rings. The summed E-state index contributed by atoms with van der Waals surface area (Å²) < 4.78 is 5.86. The maximum absolute atomic E-state index is 5.86. The second-order valence-corrected chi connectivity index (χ2v) is 5.14. The standard InChI is InChI=1S/C16H19N3O/c1-11-18-9-8-15(19-11)16(17-2)12-4-3-5-14(10-12)20-13-6-7-13/h3-5,8-10,13,16-17H,6-7H2,1-2H3. The quantitative estimate of drug-likeness (QED) is 0.906. The van der Waals surface area contributed by atoms with E-state index in [4.69, 9.17) is 4.74 Å². The van der Waals surface area contributed by atoms with Crippen molar-refractivity contribution in [2.75, 3.05) is 7.05 Å². The third-order valence-corrected chi connectivity index (χ3v) is 3.40. The van der Waals surface area contributed by atoms with Crippen molar-refractivity contribution >= 4 is 0 Å². The first kappa shape index (κ1) is 13.1. The smallest absolute Gasteiger partial charge is 0.125 e. The van der Waals surface area contributed by atoms with Crippen molar-refractivity contribution in [3.05, 3.63) is 53.6 Å². The maximum atomic E-state index is 5.86. The Morgan fingerprint density at radius 2 is 2.15 bits per heavy atom. The van der Waals surface area contributed by atoms with Crippen LogP contribution < -0.4 is 10.1 Å². The molecule has 1 unspecified atom stereocenters. The second kappa shape index (κ2) is 5.59. The normalized spacial score (nSPS) is 15.9. The topological polar surface area (TPSA) is 47.0 Å². The van der Waals surface area contributed by atoms with Gasteiger partial charge < -0.3 is 10.1 Å². The monoisotopic (exact) mass is 269 g/mol. The molecule has 4 nitrogen and oxygen atoms in total. The number of nitrogens with one attached hydrogen (secondary N) is 1. The molecule has 1 atom stereocenters. The van der Waals surface area contributed by atoms with E-state index >= 15 is 0 Å².